The zero-order valence-electron chi connectivity index (χ0n) is 14.8. The van der Waals surface area contributed by atoms with Crippen molar-refractivity contribution in [2.24, 2.45) is 5.92 Å². The lowest BCUT2D eigenvalue weighted by Gasteiger charge is -2.14. The fourth-order valence-corrected chi connectivity index (χ4v) is 2.89. The summed E-state index contributed by atoms with van der Waals surface area (Å²) in [5.41, 5.74) is 0. The fraction of sp³-hybridized carbons (Fsp3) is 0.947. The smallest absolute Gasteiger partial charge is 0.308 e. The van der Waals surface area contributed by atoms with Gasteiger partial charge >= 0.3 is 5.97 Å². The molecule has 0 saturated carbocycles. The van der Waals surface area contributed by atoms with Gasteiger partial charge < -0.3 is 4.74 Å². The minimum atomic E-state index is 0.00874. The zero-order valence-corrected chi connectivity index (χ0v) is 14.8. The van der Waals surface area contributed by atoms with Crippen molar-refractivity contribution >= 4 is 5.97 Å². The van der Waals surface area contributed by atoms with E-state index in [1.165, 1.54) is 84.2 Å². The molecule has 0 radical (unpaired) electrons. The zero-order chi connectivity index (χ0) is 15.8. The van der Waals surface area contributed by atoms with Crippen molar-refractivity contribution in [3.63, 3.8) is 0 Å². The van der Waals surface area contributed by atoms with Crippen LogP contribution in [-0.2, 0) is 9.53 Å². The third-order valence-corrected chi connectivity index (χ3v) is 4.35. The Morgan fingerprint density at radius 1 is 0.714 bits per heavy atom. The average molecular weight is 299 g/mol. The molecule has 0 saturated heterocycles. The molecule has 1 unspecified atom stereocenters. The lowest BCUT2D eigenvalue weighted by atomic mass is 9.94. The summed E-state index contributed by atoms with van der Waals surface area (Å²) in [6, 6.07) is 0. The number of carbonyl (C=O) groups excluding carboxylic acids is 1. The van der Waals surface area contributed by atoms with E-state index in [1.807, 2.05) is 0 Å². The molecule has 0 aliphatic carbocycles. The number of carbonyl (C=O) groups is 1. The summed E-state index contributed by atoms with van der Waals surface area (Å²) in [6.07, 6.45) is 17.6. The van der Waals surface area contributed by atoms with Crippen LogP contribution in [0.4, 0.5) is 0 Å². The van der Waals surface area contributed by atoms with Gasteiger partial charge in [-0.05, 0) is 12.8 Å². The molecule has 0 aliphatic heterocycles. The van der Waals surface area contributed by atoms with Crippen molar-refractivity contribution in [2.75, 3.05) is 7.11 Å². The van der Waals surface area contributed by atoms with E-state index in [-0.39, 0.29) is 11.9 Å². The van der Waals surface area contributed by atoms with Crippen molar-refractivity contribution in [1.82, 2.24) is 0 Å². The van der Waals surface area contributed by atoms with Gasteiger partial charge in [-0.2, -0.15) is 0 Å². The third kappa shape index (κ3) is 12.9. The van der Waals surface area contributed by atoms with E-state index in [0.717, 1.165) is 12.8 Å². The first-order valence-corrected chi connectivity index (χ1v) is 9.34. The first kappa shape index (κ1) is 20.5. The molecular formula is C19H38O2. The number of hydrogen-bond donors (Lipinski definition) is 0. The summed E-state index contributed by atoms with van der Waals surface area (Å²) in [5, 5.41) is 0. The van der Waals surface area contributed by atoms with Crippen LogP contribution in [0.5, 0.6) is 0 Å². The van der Waals surface area contributed by atoms with Gasteiger partial charge in [-0.15, -0.1) is 0 Å². The van der Waals surface area contributed by atoms with E-state index in [4.69, 9.17) is 4.74 Å². The lowest BCUT2D eigenvalue weighted by molar-refractivity contribution is -0.146. The van der Waals surface area contributed by atoms with E-state index >= 15 is 0 Å². The van der Waals surface area contributed by atoms with Crippen molar-refractivity contribution in [3.8, 4) is 0 Å². The summed E-state index contributed by atoms with van der Waals surface area (Å²) in [6.45, 7) is 4.48. The Hall–Kier alpha value is -0.530. The molecule has 1 atom stereocenters. The molecule has 0 rings (SSSR count). The third-order valence-electron chi connectivity index (χ3n) is 4.35. The number of methoxy groups -OCH3 is 1. The Labute approximate surface area is 133 Å². The molecule has 0 fully saturated rings. The molecule has 0 amide bonds. The van der Waals surface area contributed by atoms with Gasteiger partial charge in [-0.25, -0.2) is 0 Å². The second-order valence-corrected chi connectivity index (χ2v) is 6.33. The van der Waals surface area contributed by atoms with Crippen LogP contribution >= 0.6 is 0 Å². The molecule has 0 bridgehead atoms. The molecule has 0 heterocycles. The van der Waals surface area contributed by atoms with Crippen LogP contribution in [0.15, 0.2) is 0 Å². The molecule has 0 aliphatic rings. The normalized spacial score (nSPS) is 12.3. The molecule has 126 valence electrons. The molecule has 2 nitrogen and oxygen atoms in total. The average Bonchev–Trinajstić information content (AvgIpc) is 2.51. The number of esters is 1. The monoisotopic (exact) mass is 298 g/mol. The van der Waals surface area contributed by atoms with Gasteiger partial charge in [0, 0.05) is 0 Å². The van der Waals surface area contributed by atoms with Gasteiger partial charge in [-0.1, -0.05) is 90.9 Å². The van der Waals surface area contributed by atoms with Crippen molar-refractivity contribution in [1.29, 1.82) is 0 Å². The Kier molecular flexibility index (Phi) is 15.5. The fourth-order valence-electron chi connectivity index (χ4n) is 2.89. The van der Waals surface area contributed by atoms with Crippen LogP contribution in [0.2, 0.25) is 0 Å². The second kappa shape index (κ2) is 15.9. The van der Waals surface area contributed by atoms with Gasteiger partial charge in [0.1, 0.15) is 0 Å². The Bertz CT molecular complexity index is 226. The van der Waals surface area contributed by atoms with Crippen LogP contribution in [-0.4, -0.2) is 13.1 Å². The number of unbranched alkanes of at least 4 members (excludes halogenated alkanes) is 10. The quantitative estimate of drug-likeness (QED) is 0.263. The van der Waals surface area contributed by atoms with Crippen LogP contribution in [0.3, 0.4) is 0 Å². The summed E-state index contributed by atoms with van der Waals surface area (Å²) < 4.78 is 4.95. The molecule has 21 heavy (non-hydrogen) atoms. The van der Waals surface area contributed by atoms with Crippen LogP contribution < -0.4 is 0 Å². The van der Waals surface area contributed by atoms with Gasteiger partial charge in [0.2, 0.25) is 0 Å². The highest BCUT2D eigenvalue weighted by atomic mass is 16.5. The maximum Gasteiger partial charge on any atom is 0.308 e. The van der Waals surface area contributed by atoms with E-state index in [9.17, 15) is 4.79 Å². The maximum absolute atomic E-state index is 11.8. The van der Waals surface area contributed by atoms with E-state index in [2.05, 4.69) is 13.8 Å². The van der Waals surface area contributed by atoms with Gasteiger partial charge in [0.15, 0.2) is 0 Å². The second-order valence-electron chi connectivity index (χ2n) is 6.33. The first-order valence-electron chi connectivity index (χ1n) is 9.34. The minimum absolute atomic E-state index is 0.00874. The SMILES string of the molecule is CCCCCCCCCCC(CCCCCC)C(=O)OC. The summed E-state index contributed by atoms with van der Waals surface area (Å²) in [4.78, 5) is 11.8. The molecular weight excluding hydrogens is 260 g/mol. The molecule has 0 aromatic heterocycles. The van der Waals surface area contributed by atoms with Crippen LogP contribution in [0.25, 0.3) is 0 Å². The molecule has 0 N–H and O–H groups in total. The van der Waals surface area contributed by atoms with Gasteiger partial charge in [0.05, 0.1) is 13.0 Å². The largest absolute Gasteiger partial charge is 0.469 e. The highest BCUT2D eigenvalue weighted by Crippen LogP contribution is 2.20. The molecule has 2 heteroatoms. The highest BCUT2D eigenvalue weighted by Gasteiger charge is 2.17. The predicted octanol–water partition coefficient (Wildman–Crippen LogP) is 6.28. The minimum Gasteiger partial charge on any atom is -0.469 e. The molecule has 0 aromatic carbocycles. The summed E-state index contributed by atoms with van der Waals surface area (Å²) >= 11 is 0. The van der Waals surface area contributed by atoms with E-state index < -0.39 is 0 Å². The predicted molar refractivity (Wildman–Crippen MR) is 91.5 cm³/mol. The highest BCUT2D eigenvalue weighted by molar-refractivity contribution is 5.72. The standard InChI is InChI=1S/C19H38O2/c1-4-6-8-10-11-12-13-15-17-18(19(20)21-3)16-14-9-7-5-2/h18H,4-17H2,1-3H3. The van der Waals surface area contributed by atoms with Crippen molar-refractivity contribution < 1.29 is 9.53 Å². The van der Waals surface area contributed by atoms with Gasteiger partial charge in [0.25, 0.3) is 0 Å². The maximum atomic E-state index is 11.8. The lowest BCUT2D eigenvalue weighted by Crippen LogP contribution is -2.16. The molecule has 0 spiro atoms. The van der Waals surface area contributed by atoms with E-state index in [0.29, 0.717) is 0 Å². The Morgan fingerprint density at radius 2 is 1.10 bits per heavy atom. The number of ether oxygens (including phenoxy) is 1. The summed E-state index contributed by atoms with van der Waals surface area (Å²) in [5.74, 6) is 0.154. The topological polar surface area (TPSA) is 26.3 Å². The Balaban J connectivity index is 3.64. The molecule has 0 aromatic rings. The van der Waals surface area contributed by atoms with Crippen molar-refractivity contribution in [2.45, 2.75) is 104 Å². The first-order chi connectivity index (χ1) is 10.3. The van der Waals surface area contributed by atoms with Crippen LogP contribution in [0, 0.1) is 5.92 Å². The van der Waals surface area contributed by atoms with E-state index in [1.54, 1.807) is 0 Å². The van der Waals surface area contributed by atoms with Gasteiger partial charge in [-0.3, -0.25) is 4.79 Å². The number of hydrogen-bond acceptors (Lipinski definition) is 2. The van der Waals surface area contributed by atoms with Crippen molar-refractivity contribution in [3.05, 3.63) is 0 Å². The van der Waals surface area contributed by atoms with Crippen LogP contribution in [0.1, 0.15) is 104 Å². The number of rotatable bonds is 15. The Morgan fingerprint density at radius 3 is 1.52 bits per heavy atom. The summed E-state index contributed by atoms with van der Waals surface area (Å²) in [7, 11) is 1.52.